The number of aliphatic hydroxyl groups is 1. The zero-order valence-corrected chi connectivity index (χ0v) is 9.79. The van der Waals surface area contributed by atoms with Gasteiger partial charge in [0.15, 0.2) is 0 Å². The van der Waals surface area contributed by atoms with Crippen molar-refractivity contribution in [1.82, 2.24) is 5.32 Å². The molecule has 1 aliphatic rings. The molecule has 0 bridgehead atoms. The van der Waals surface area contributed by atoms with Crippen LogP contribution in [0.25, 0.3) is 0 Å². The lowest BCUT2D eigenvalue weighted by molar-refractivity contribution is 0.154. The van der Waals surface area contributed by atoms with E-state index in [1.807, 2.05) is 6.92 Å². The molecule has 0 spiro atoms. The number of rotatable bonds is 4. The van der Waals surface area contributed by atoms with Crippen molar-refractivity contribution in [3.05, 3.63) is 0 Å². The van der Waals surface area contributed by atoms with Gasteiger partial charge in [-0.05, 0) is 31.6 Å². The van der Waals surface area contributed by atoms with Crippen LogP contribution in [0.5, 0.6) is 0 Å². The van der Waals surface area contributed by atoms with Crippen molar-refractivity contribution < 1.29 is 5.11 Å². The van der Waals surface area contributed by atoms with E-state index in [-0.39, 0.29) is 6.10 Å². The fraction of sp³-hybridized carbons (Fsp3) is 1.00. The van der Waals surface area contributed by atoms with Gasteiger partial charge in [0.1, 0.15) is 0 Å². The number of hydrogen-bond donors (Lipinski definition) is 2. The maximum Gasteiger partial charge on any atom is 0.0636 e. The van der Waals surface area contributed by atoms with Crippen molar-refractivity contribution in [2.75, 3.05) is 6.54 Å². The van der Waals surface area contributed by atoms with Gasteiger partial charge in [0.05, 0.1) is 6.10 Å². The second-order valence-corrected chi connectivity index (χ2v) is 5.06. The standard InChI is InChI=1S/C12H25NO/c1-9(2)11-6-4-5-7-12(11)13-8-10(3)14/h9-14H,4-8H2,1-3H3. The molecule has 0 saturated heterocycles. The molecule has 0 aromatic heterocycles. The molecule has 3 unspecified atom stereocenters. The first-order chi connectivity index (χ1) is 6.61. The lowest BCUT2D eigenvalue weighted by atomic mass is 9.78. The third-order valence-corrected chi connectivity index (χ3v) is 3.35. The summed E-state index contributed by atoms with van der Waals surface area (Å²) < 4.78 is 0. The lowest BCUT2D eigenvalue weighted by Crippen LogP contribution is -2.43. The van der Waals surface area contributed by atoms with E-state index in [1.54, 1.807) is 0 Å². The van der Waals surface area contributed by atoms with Crippen LogP contribution in [-0.4, -0.2) is 23.8 Å². The fourth-order valence-corrected chi connectivity index (χ4v) is 2.53. The SMILES string of the molecule is CC(O)CNC1CCCCC1C(C)C. The molecule has 14 heavy (non-hydrogen) atoms. The summed E-state index contributed by atoms with van der Waals surface area (Å²) in [6.45, 7) is 7.22. The molecule has 2 nitrogen and oxygen atoms in total. The Labute approximate surface area is 88.1 Å². The van der Waals surface area contributed by atoms with Crippen LogP contribution < -0.4 is 5.32 Å². The number of hydrogen-bond acceptors (Lipinski definition) is 2. The highest BCUT2D eigenvalue weighted by molar-refractivity contribution is 4.83. The fourth-order valence-electron chi connectivity index (χ4n) is 2.53. The normalized spacial score (nSPS) is 30.6. The molecule has 1 rings (SSSR count). The van der Waals surface area contributed by atoms with Gasteiger partial charge in [-0.2, -0.15) is 0 Å². The Bertz CT molecular complexity index is 156. The summed E-state index contributed by atoms with van der Waals surface area (Å²) >= 11 is 0. The second kappa shape index (κ2) is 5.72. The van der Waals surface area contributed by atoms with E-state index < -0.39 is 0 Å². The monoisotopic (exact) mass is 199 g/mol. The van der Waals surface area contributed by atoms with Gasteiger partial charge in [-0.3, -0.25) is 0 Å². The predicted molar refractivity (Wildman–Crippen MR) is 60.3 cm³/mol. The van der Waals surface area contributed by atoms with E-state index >= 15 is 0 Å². The molecule has 1 fully saturated rings. The van der Waals surface area contributed by atoms with Crippen molar-refractivity contribution in [3.8, 4) is 0 Å². The number of nitrogens with one attached hydrogen (secondary N) is 1. The predicted octanol–water partition coefficient (Wildman–Crippen LogP) is 2.17. The van der Waals surface area contributed by atoms with E-state index in [1.165, 1.54) is 25.7 Å². The van der Waals surface area contributed by atoms with Crippen molar-refractivity contribution in [2.45, 2.75) is 58.6 Å². The molecular formula is C12H25NO. The van der Waals surface area contributed by atoms with Crippen LogP contribution in [0.2, 0.25) is 0 Å². The quantitative estimate of drug-likeness (QED) is 0.727. The van der Waals surface area contributed by atoms with Crippen molar-refractivity contribution in [2.24, 2.45) is 11.8 Å². The Hall–Kier alpha value is -0.0800. The minimum Gasteiger partial charge on any atom is -0.392 e. The zero-order valence-electron chi connectivity index (χ0n) is 9.79. The van der Waals surface area contributed by atoms with Crippen molar-refractivity contribution in [3.63, 3.8) is 0 Å². The van der Waals surface area contributed by atoms with E-state index in [2.05, 4.69) is 19.2 Å². The van der Waals surface area contributed by atoms with E-state index in [0.717, 1.165) is 18.4 Å². The van der Waals surface area contributed by atoms with Crippen LogP contribution in [0.3, 0.4) is 0 Å². The minimum atomic E-state index is -0.218. The molecular weight excluding hydrogens is 174 g/mol. The molecule has 1 saturated carbocycles. The largest absolute Gasteiger partial charge is 0.392 e. The summed E-state index contributed by atoms with van der Waals surface area (Å²) in [7, 11) is 0. The minimum absolute atomic E-state index is 0.218. The molecule has 0 aliphatic heterocycles. The maximum atomic E-state index is 9.25. The first-order valence-electron chi connectivity index (χ1n) is 6.02. The Kier molecular flexibility index (Phi) is 4.90. The summed E-state index contributed by atoms with van der Waals surface area (Å²) in [6.07, 6.45) is 5.16. The van der Waals surface area contributed by atoms with Crippen molar-refractivity contribution in [1.29, 1.82) is 0 Å². The maximum absolute atomic E-state index is 9.25. The van der Waals surface area contributed by atoms with Gasteiger partial charge in [-0.25, -0.2) is 0 Å². The molecule has 0 aromatic rings. The van der Waals surface area contributed by atoms with Gasteiger partial charge in [-0.1, -0.05) is 26.7 Å². The average Bonchev–Trinajstić information content (AvgIpc) is 2.15. The zero-order chi connectivity index (χ0) is 10.6. The van der Waals surface area contributed by atoms with E-state index in [4.69, 9.17) is 0 Å². The van der Waals surface area contributed by atoms with Crippen LogP contribution in [0.15, 0.2) is 0 Å². The third kappa shape index (κ3) is 3.58. The molecule has 2 heteroatoms. The van der Waals surface area contributed by atoms with Crippen LogP contribution >= 0.6 is 0 Å². The molecule has 2 N–H and O–H groups in total. The summed E-state index contributed by atoms with van der Waals surface area (Å²) in [5.41, 5.74) is 0. The highest BCUT2D eigenvalue weighted by Crippen LogP contribution is 2.29. The van der Waals surface area contributed by atoms with Gasteiger partial charge in [-0.15, -0.1) is 0 Å². The lowest BCUT2D eigenvalue weighted by Gasteiger charge is -2.35. The Morgan fingerprint density at radius 2 is 1.86 bits per heavy atom. The Morgan fingerprint density at radius 3 is 2.43 bits per heavy atom. The van der Waals surface area contributed by atoms with Gasteiger partial charge in [0, 0.05) is 12.6 Å². The van der Waals surface area contributed by atoms with E-state index in [0.29, 0.717) is 6.04 Å². The summed E-state index contributed by atoms with van der Waals surface area (Å²) in [6, 6.07) is 0.637. The highest BCUT2D eigenvalue weighted by Gasteiger charge is 2.26. The Morgan fingerprint density at radius 1 is 1.21 bits per heavy atom. The summed E-state index contributed by atoms with van der Waals surface area (Å²) in [5.74, 6) is 1.57. The van der Waals surface area contributed by atoms with Crippen LogP contribution in [0.4, 0.5) is 0 Å². The summed E-state index contributed by atoms with van der Waals surface area (Å²) in [5, 5.41) is 12.7. The van der Waals surface area contributed by atoms with Crippen LogP contribution in [-0.2, 0) is 0 Å². The van der Waals surface area contributed by atoms with Crippen molar-refractivity contribution >= 4 is 0 Å². The molecule has 84 valence electrons. The first-order valence-corrected chi connectivity index (χ1v) is 6.02. The van der Waals surface area contributed by atoms with Crippen LogP contribution in [0, 0.1) is 11.8 Å². The van der Waals surface area contributed by atoms with Gasteiger partial charge >= 0.3 is 0 Å². The smallest absolute Gasteiger partial charge is 0.0636 e. The molecule has 0 amide bonds. The molecule has 1 aliphatic carbocycles. The molecule has 0 aromatic carbocycles. The average molecular weight is 199 g/mol. The van der Waals surface area contributed by atoms with Gasteiger partial charge in [0.2, 0.25) is 0 Å². The third-order valence-electron chi connectivity index (χ3n) is 3.35. The topological polar surface area (TPSA) is 32.3 Å². The number of aliphatic hydroxyl groups excluding tert-OH is 1. The molecule has 0 radical (unpaired) electrons. The Balaban J connectivity index is 2.38. The van der Waals surface area contributed by atoms with Gasteiger partial charge < -0.3 is 10.4 Å². The molecule has 0 heterocycles. The first kappa shape index (κ1) is 12.0. The molecule has 3 atom stereocenters. The van der Waals surface area contributed by atoms with E-state index in [9.17, 15) is 5.11 Å². The van der Waals surface area contributed by atoms with Crippen LogP contribution in [0.1, 0.15) is 46.5 Å². The van der Waals surface area contributed by atoms with Gasteiger partial charge in [0.25, 0.3) is 0 Å². The highest BCUT2D eigenvalue weighted by atomic mass is 16.3. The summed E-state index contributed by atoms with van der Waals surface area (Å²) in [4.78, 5) is 0. The second-order valence-electron chi connectivity index (χ2n) is 5.06.